The normalized spacial score (nSPS) is 11.1. The molecule has 0 amide bonds. The SMILES string of the molecule is CCCOC(=O)CS(=O)(=O)c1ccccc1. The summed E-state index contributed by atoms with van der Waals surface area (Å²) in [7, 11) is -3.56. The lowest BCUT2D eigenvalue weighted by atomic mass is 10.4. The fraction of sp³-hybridized carbons (Fsp3) is 0.364. The van der Waals surface area contributed by atoms with Crippen LogP contribution in [0.4, 0.5) is 0 Å². The molecule has 0 N–H and O–H groups in total. The first kappa shape index (κ1) is 12.7. The second-order valence-corrected chi connectivity index (χ2v) is 5.28. The third-order valence-electron chi connectivity index (χ3n) is 1.88. The lowest BCUT2D eigenvalue weighted by Gasteiger charge is -2.04. The summed E-state index contributed by atoms with van der Waals surface area (Å²) in [5.41, 5.74) is 0. The van der Waals surface area contributed by atoms with Crippen LogP contribution in [-0.2, 0) is 19.4 Å². The molecule has 4 nitrogen and oxygen atoms in total. The first-order valence-electron chi connectivity index (χ1n) is 4.99. The molecule has 0 aliphatic rings. The van der Waals surface area contributed by atoms with Crippen LogP contribution in [-0.4, -0.2) is 26.7 Å². The zero-order valence-electron chi connectivity index (χ0n) is 9.05. The van der Waals surface area contributed by atoms with E-state index in [0.29, 0.717) is 6.42 Å². The van der Waals surface area contributed by atoms with E-state index in [1.54, 1.807) is 18.2 Å². The monoisotopic (exact) mass is 242 g/mol. The lowest BCUT2D eigenvalue weighted by Crippen LogP contribution is -2.19. The summed E-state index contributed by atoms with van der Waals surface area (Å²) in [4.78, 5) is 11.3. The molecule has 1 rings (SSSR count). The van der Waals surface area contributed by atoms with Crippen LogP contribution in [0.25, 0.3) is 0 Å². The van der Waals surface area contributed by atoms with Crippen molar-refractivity contribution in [3.8, 4) is 0 Å². The van der Waals surface area contributed by atoms with Crippen molar-refractivity contribution < 1.29 is 17.9 Å². The van der Waals surface area contributed by atoms with Crippen LogP contribution in [0.15, 0.2) is 35.2 Å². The molecule has 0 atom stereocenters. The number of carbonyl (C=O) groups is 1. The van der Waals surface area contributed by atoms with Gasteiger partial charge in [0.05, 0.1) is 11.5 Å². The van der Waals surface area contributed by atoms with E-state index in [9.17, 15) is 13.2 Å². The van der Waals surface area contributed by atoms with Crippen LogP contribution in [0.1, 0.15) is 13.3 Å². The van der Waals surface area contributed by atoms with Gasteiger partial charge in [0.2, 0.25) is 0 Å². The molecule has 0 aliphatic carbocycles. The second-order valence-electron chi connectivity index (χ2n) is 3.29. The van der Waals surface area contributed by atoms with Gasteiger partial charge in [-0.25, -0.2) is 8.42 Å². The summed E-state index contributed by atoms with van der Waals surface area (Å²) >= 11 is 0. The zero-order chi connectivity index (χ0) is 12.0. The van der Waals surface area contributed by atoms with Gasteiger partial charge in [0.25, 0.3) is 0 Å². The topological polar surface area (TPSA) is 60.4 Å². The maximum absolute atomic E-state index is 11.7. The van der Waals surface area contributed by atoms with E-state index in [1.165, 1.54) is 12.1 Å². The molecule has 0 unspecified atom stereocenters. The summed E-state index contributed by atoms with van der Waals surface area (Å²) in [5, 5.41) is 0. The first-order chi connectivity index (χ1) is 7.56. The Morgan fingerprint density at radius 1 is 1.25 bits per heavy atom. The summed E-state index contributed by atoms with van der Waals surface area (Å²) in [6.07, 6.45) is 0.678. The Bertz CT molecular complexity index is 436. The standard InChI is InChI=1S/C11H14O4S/c1-2-8-15-11(12)9-16(13,14)10-6-4-3-5-7-10/h3-7H,2,8-9H2,1H3. The smallest absolute Gasteiger partial charge is 0.321 e. The number of rotatable bonds is 5. The summed E-state index contributed by atoms with van der Waals surface area (Å²) < 4.78 is 28.1. The van der Waals surface area contributed by atoms with Crippen LogP contribution in [0, 0.1) is 0 Å². The second kappa shape index (κ2) is 5.65. The molecule has 0 spiro atoms. The maximum atomic E-state index is 11.7. The Kier molecular flexibility index (Phi) is 4.49. The van der Waals surface area contributed by atoms with Gasteiger partial charge in [-0.1, -0.05) is 25.1 Å². The van der Waals surface area contributed by atoms with Crippen LogP contribution < -0.4 is 0 Å². The van der Waals surface area contributed by atoms with Gasteiger partial charge < -0.3 is 4.74 Å². The number of benzene rings is 1. The van der Waals surface area contributed by atoms with Crippen molar-refractivity contribution in [2.45, 2.75) is 18.2 Å². The Labute approximate surface area is 95.2 Å². The minimum absolute atomic E-state index is 0.142. The van der Waals surface area contributed by atoms with E-state index in [-0.39, 0.29) is 11.5 Å². The molecule has 0 aromatic heterocycles. The van der Waals surface area contributed by atoms with Crippen molar-refractivity contribution in [2.24, 2.45) is 0 Å². The Morgan fingerprint density at radius 3 is 2.44 bits per heavy atom. The van der Waals surface area contributed by atoms with Gasteiger partial charge >= 0.3 is 5.97 Å². The van der Waals surface area contributed by atoms with Crippen LogP contribution in [0.3, 0.4) is 0 Å². The van der Waals surface area contributed by atoms with Crippen LogP contribution in [0.2, 0.25) is 0 Å². The average molecular weight is 242 g/mol. The van der Waals surface area contributed by atoms with Gasteiger partial charge in [0.1, 0.15) is 0 Å². The predicted molar refractivity (Wildman–Crippen MR) is 59.7 cm³/mol. The molecule has 0 saturated carbocycles. The summed E-state index contributed by atoms with van der Waals surface area (Å²) in [6, 6.07) is 7.87. The van der Waals surface area contributed by atoms with Gasteiger partial charge in [-0.3, -0.25) is 4.79 Å². The quantitative estimate of drug-likeness (QED) is 0.732. The van der Waals surface area contributed by atoms with Gasteiger partial charge in [0, 0.05) is 0 Å². The summed E-state index contributed by atoms with van der Waals surface area (Å²) in [5.74, 6) is -1.30. The van der Waals surface area contributed by atoms with Gasteiger partial charge in [-0.05, 0) is 18.6 Å². The molecule has 0 aliphatic heterocycles. The molecule has 88 valence electrons. The fourth-order valence-corrected chi connectivity index (χ4v) is 2.26. The van der Waals surface area contributed by atoms with Gasteiger partial charge in [-0.2, -0.15) is 0 Å². The van der Waals surface area contributed by atoms with E-state index in [4.69, 9.17) is 4.74 Å². The average Bonchev–Trinajstić information content (AvgIpc) is 2.27. The molecule has 0 radical (unpaired) electrons. The predicted octanol–water partition coefficient (Wildman–Crippen LogP) is 1.41. The number of ether oxygens (including phenoxy) is 1. The number of hydrogen-bond donors (Lipinski definition) is 0. The molecule has 1 aromatic rings. The van der Waals surface area contributed by atoms with Crippen LogP contribution in [0.5, 0.6) is 0 Å². The Hall–Kier alpha value is -1.36. The minimum Gasteiger partial charge on any atom is -0.465 e. The molecule has 16 heavy (non-hydrogen) atoms. The van der Waals surface area contributed by atoms with Crippen molar-refractivity contribution in [1.82, 2.24) is 0 Å². The first-order valence-corrected chi connectivity index (χ1v) is 6.65. The number of esters is 1. The maximum Gasteiger partial charge on any atom is 0.321 e. The van der Waals surface area contributed by atoms with Crippen LogP contribution >= 0.6 is 0 Å². The minimum atomic E-state index is -3.56. The van der Waals surface area contributed by atoms with Gasteiger partial charge in [-0.15, -0.1) is 0 Å². The van der Waals surface area contributed by atoms with Gasteiger partial charge in [0.15, 0.2) is 15.6 Å². The van der Waals surface area contributed by atoms with E-state index >= 15 is 0 Å². The lowest BCUT2D eigenvalue weighted by molar-refractivity contribution is -0.140. The van der Waals surface area contributed by atoms with E-state index in [0.717, 1.165) is 0 Å². The Balaban J connectivity index is 2.70. The largest absolute Gasteiger partial charge is 0.465 e. The third kappa shape index (κ3) is 3.66. The molecular formula is C11H14O4S. The molecule has 5 heteroatoms. The van der Waals surface area contributed by atoms with Crippen molar-refractivity contribution in [3.63, 3.8) is 0 Å². The third-order valence-corrected chi connectivity index (χ3v) is 3.48. The molecular weight excluding hydrogens is 228 g/mol. The highest BCUT2D eigenvalue weighted by Crippen LogP contribution is 2.10. The highest BCUT2D eigenvalue weighted by Gasteiger charge is 2.19. The van der Waals surface area contributed by atoms with E-state index in [2.05, 4.69) is 0 Å². The number of sulfone groups is 1. The molecule has 0 bridgehead atoms. The van der Waals surface area contributed by atoms with Crippen molar-refractivity contribution in [1.29, 1.82) is 0 Å². The molecule has 0 heterocycles. The van der Waals surface area contributed by atoms with Crippen molar-refractivity contribution in [3.05, 3.63) is 30.3 Å². The molecule has 1 aromatic carbocycles. The molecule has 0 fully saturated rings. The van der Waals surface area contributed by atoms with Crippen molar-refractivity contribution >= 4 is 15.8 Å². The Morgan fingerprint density at radius 2 is 1.88 bits per heavy atom. The van der Waals surface area contributed by atoms with Crippen molar-refractivity contribution in [2.75, 3.05) is 12.4 Å². The zero-order valence-corrected chi connectivity index (χ0v) is 9.87. The highest BCUT2D eigenvalue weighted by atomic mass is 32.2. The number of carbonyl (C=O) groups excluding carboxylic acids is 1. The highest BCUT2D eigenvalue weighted by molar-refractivity contribution is 7.92. The van der Waals surface area contributed by atoms with E-state index < -0.39 is 21.6 Å². The molecule has 0 saturated heterocycles. The summed E-state index contributed by atoms with van der Waals surface area (Å²) in [6.45, 7) is 2.10. The fourth-order valence-electron chi connectivity index (χ4n) is 1.12. The van der Waals surface area contributed by atoms with E-state index in [1.807, 2.05) is 6.92 Å². The number of hydrogen-bond acceptors (Lipinski definition) is 4.